The Labute approximate surface area is 155 Å². The molecular weight excluding hydrogens is 332 g/mol. The van der Waals surface area contributed by atoms with Gasteiger partial charge in [-0.3, -0.25) is 9.79 Å². The van der Waals surface area contributed by atoms with Gasteiger partial charge in [0, 0.05) is 49.8 Å². The summed E-state index contributed by atoms with van der Waals surface area (Å²) in [5.41, 5.74) is 0.705. The SMILES string of the molecule is CN=C(NCCCNC(=O)c1ccccc1)N1CCSC(C(C)C)C1. The topological polar surface area (TPSA) is 56.7 Å². The van der Waals surface area contributed by atoms with Crippen LogP contribution >= 0.6 is 11.8 Å². The van der Waals surface area contributed by atoms with Gasteiger partial charge in [0.25, 0.3) is 5.91 Å². The minimum Gasteiger partial charge on any atom is -0.356 e. The van der Waals surface area contributed by atoms with E-state index in [1.807, 2.05) is 37.4 Å². The third-order valence-electron chi connectivity index (χ3n) is 4.31. The molecule has 1 unspecified atom stereocenters. The first-order valence-electron chi connectivity index (χ1n) is 9.02. The summed E-state index contributed by atoms with van der Waals surface area (Å²) >= 11 is 2.06. The van der Waals surface area contributed by atoms with Crippen LogP contribution in [-0.2, 0) is 0 Å². The number of hydrogen-bond donors (Lipinski definition) is 2. The summed E-state index contributed by atoms with van der Waals surface area (Å²) in [6, 6.07) is 9.32. The maximum absolute atomic E-state index is 12.0. The predicted octanol–water partition coefficient (Wildman–Crippen LogP) is 2.46. The molecule has 138 valence electrons. The number of carbonyl (C=O) groups excluding carboxylic acids is 1. The Balaban J connectivity index is 1.68. The normalized spacial score (nSPS) is 18.3. The fourth-order valence-electron chi connectivity index (χ4n) is 2.79. The molecular formula is C19H30N4OS. The van der Waals surface area contributed by atoms with E-state index in [9.17, 15) is 4.79 Å². The molecule has 1 aromatic carbocycles. The molecule has 6 heteroatoms. The average Bonchev–Trinajstić information content (AvgIpc) is 2.65. The molecule has 1 amide bonds. The van der Waals surface area contributed by atoms with Gasteiger partial charge in [-0.15, -0.1) is 0 Å². The number of rotatable bonds is 6. The Morgan fingerprint density at radius 3 is 2.68 bits per heavy atom. The number of hydrogen-bond acceptors (Lipinski definition) is 3. The van der Waals surface area contributed by atoms with Crippen LogP contribution in [-0.4, -0.2) is 61.0 Å². The maximum atomic E-state index is 12.0. The van der Waals surface area contributed by atoms with E-state index in [4.69, 9.17) is 0 Å². The number of nitrogens with one attached hydrogen (secondary N) is 2. The zero-order chi connectivity index (χ0) is 18.1. The van der Waals surface area contributed by atoms with Crippen LogP contribution in [0.1, 0.15) is 30.6 Å². The van der Waals surface area contributed by atoms with Crippen LogP contribution in [0.4, 0.5) is 0 Å². The summed E-state index contributed by atoms with van der Waals surface area (Å²) in [7, 11) is 1.84. The Morgan fingerprint density at radius 1 is 1.28 bits per heavy atom. The van der Waals surface area contributed by atoms with E-state index in [1.165, 1.54) is 0 Å². The van der Waals surface area contributed by atoms with E-state index < -0.39 is 0 Å². The molecule has 1 heterocycles. The van der Waals surface area contributed by atoms with Crippen LogP contribution < -0.4 is 10.6 Å². The number of nitrogens with zero attached hydrogens (tertiary/aromatic N) is 2. The molecule has 1 saturated heterocycles. The van der Waals surface area contributed by atoms with Crippen molar-refractivity contribution >= 4 is 23.6 Å². The van der Waals surface area contributed by atoms with Gasteiger partial charge >= 0.3 is 0 Å². The van der Waals surface area contributed by atoms with Gasteiger partial charge < -0.3 is 15.5 Å². The minimum atomic E-state index is -0.0159. The van der Waals surface area contributed by atoms with Crippen molar-refractivity contribution in [1.29, 1.82) is 0 Å². The molecule has 5 nitrogen and oxygen atoms in total. The van der Waals surface area contributed by atoms with Crippen molar-refractivity contribution in [1.82, 2.24) is 15.5 Å². The number of benzene rings is 1. The van der Waals surface area contributed by atoms with Gasteiger partial charge in [0.2, 0.25) is 0 Å². The molecule has 25 heavy (non-hydrogen) atoms. The molecule has 1 fully saturated rings. The van der Waals surface area contributed by atoms with Crippen LogP contribution in [0.15, 0.2) is 35.3 Å². The lowest BCUT2D eigenvalue weighted by molar-refractivity contribution is 0.0953. The fourth-order valence-corrected chi connectivity index (χ4v) is 4.08. The molecule has 1 aromatic rings. The predicted molar refractivity (Wildman–Crippen MR) is 107 cm³/mol. The second kappa shape index (κ2) is 10.3. The Morgan fingerprint density at radius 2 is 2.00 bits per heavy atom. The summed E-state index contributed by atoms with van der Waals surface area (Å²) in [6.07, 6.45) is 0.869. The Hall–Kier alpha value is -1.69. The second-order valence-corrected chi connectivity index (χ2v) is 7.90. The van der Waals surface area contributed by atoms with Crippen LogP contribution in [0.2, 0.25) is 0 Å². The van der Waals surface area contributed by atoms with Crippen molar-refractivity contribution in [3.8, 4) is 0 Å². The van der Waals surface area contributed by atoms with E-state index in [-0.39, 0.29) is 5.91 Å². The van der Waals surface area contributed by atoms with Crippen molar-refractivity contribution in [2.75, 3.05) is 39.0 Å². The first-order chi connectivity index (χ1) is 12.1. The number of amides is 1. The second-order valence-electron chi connectivity index (χ2n) is 6.55. The molecule has 1 aliphatic rings. The van der Waals surface area contributed by atoms with Gasteiger partial charge in [-0.05, 0) is 24.5 Å². The van der Waals surface area contributed by atoms with Crippen molar-refractivity contribution in [3.63, 3.8) is 0 Å². The van der Waals surface area contributed by atoms with Crippen molar-refractivity contribution in [2.45, 2.75) is 25.5 Å². The maximum Gasteiger partial charge on any atom is 0.251 e. The van der Waals surface area contributed by atoms with Crippen LogP contribution in [0.5, 0.6) is 0 Å². The van der Waals surface area contributed by atoms with E-state index in [0.717, 1.165) is 37.8 Å². The number of aliphatic imine (C=N–C) groups is 1. The van der Waals surface area contributed by atoms with Crippen LogP contribution in [0.3, 0.4) is 0 Å². The molecule has 0 spiro atoms. The van der Waals surface area contributed by atoms with E-state index in [0.29, 0.717) is 23.3 Å². The van der Waals surface area contributed by atoms with Crippen molar-refractivity contribution in [3.05, 3.63) is 35.9 Å². The van der Waals surface area contributed by atoms with Crippen molar-refractivity contribution < 1.29 is 4.79 Å². The molecule has 0 bridgehead atoms. The lowest BCUT2D eigenvalue weighted by atomic mass is 10.1. The average molecular weight is 363 g/mol. The first kappa shape index (κ1) is 19.6. The lowest BCUT2D eigenvalue weighted by Gasteiger charge is -2.36. The number of guanidine groups is 1. The highest BCUT2D eigenvalue weighted by Crippen LogP contribution is 2.24. The molecule has 1 aliphatic heterocycles. The Bertz CT molecular complexity index is 562. The number of thioether (sulfide) groups is 1. The smallest absolute Gasteiger partial charge is 0.251 e. The minimum absolute atomic E-state index is 0.0159. The zero-order valence-electron chi connectivity index (χ0n) is 15.5. The van der Waals surface area contributed by atoms with Gasteiger partial charge in [-0.2, -0.15) is 11.8 Å². The highest BCUT2D eigenvalue weighted by molar-refractivity contribution is 8.00. The summed E-state index contributed by atoms with van der Waals surface area (Å²) in [5, 5.41) is 7.05. The highest BCUT2D eigenvalue weighted by Gasteiger charge is 2.24. The molecule has 0 aliphatic carbocycles. The molecule has 2 N–H and O–H groups in total. The zero-order valence-corrected chi connectivity index (χ0v) is 16.3. The lowest BCUT2D eigenvalue weighted by Crippen LogP contribution is -2.49. The van der Waals surface area contributed by atoms with Crippen LogP contribution in [0.25, 0.3) is 0 Å². The van der Waals surface area contributed by atoms with Gasteiger partial charge in [-0.1, -0.05) is 32.0 Å². The molecule has 2 rings (SSSR count). The van der Waals surface area contributed by atoms with Gasteiger partial charge in [0.1, 0.15) is 0 Å². The van der Waals surface area contributed by atoms with Gasteiger partial charge in [-0.25, -0.2) is 0 Å². The highest BCUT2D eigenvalue weighted by atomic mass is 32.2. The quantitative estimate of drug-likeness (QED) is 0.464. The molecule has 1 atom stereocenters. The summed E-state index contributed by atoms with van der Waals surface area (Å²) in [6.45, 7) is 8.12. The third-order valence-corrected chi connectivity index (χ3v) is 5.85. The van der Waals surface area contributed by atoms with Crippen molar-refractivity contribution in [2.24, 2.45) is 10.9 Å². The molecule has 0 saturated carbocycles. The van der Waals surface area contributed by atoms with E-state index >= 15 is 0 Å². The standard InChI is InChI=1S/C19H30N4OS/c1-15(2)17-14-23(12-13-25-17)19(20-3)22-11-7-10-21-18(24)16-8-5-4-6-9-16/h4-6,8-9,15,17H,7,10-14H2,1-3H3,(H,20,22)(H,21,24). The number of carbonyl (C=O) groups is 1. The Kier molecular flexibility index (Phi) is 8.12. The van der Waals surface area contributed by atoms with E-state index in [2.05, 4.69) is 46.1 Å². The molecule has 0 aromatic heterocycles. The van der Waals surface area contributed by atoms with Gasteiger partial charge in [0.15, 0.2) is 5.96 Å². The summed E-state index contributed by atoms with van der Waals surface area (Å²) < 4.78 is 0. The van der Waals surface area contributed by atoms with Gasteiger partial charge in [0.05, 0.1) is 0 Å². The first-order valence-corrected chi connectivity index (χ1v) is 10.1. The summed E-state index contributed by atoms with van der Waals surface area (Å²) in [5.74, 6) is 2.79. The monoisotopic (exact) mass is 362 g/mol. The van der Waals surface area contributed by atoms with Crippen LogP contribution in [0, 0.1) is 5.92 Å². The largest absolute Gasteiger partial charge is 0.356 e. The fraction of sp³-hybridized carbons (Fsp3) is 0.579. The third kappa shape index (κ3) is 6.27. The summed E-state index contributed by atoms with van der Waals surface area (Å²) in [4.78, 5) is 18.8. The van der Waals surface area contributed by atoms with E-state index in [1.54, 1.807) is 0 Å². The molecule has 0 radical (unpaired) electrons.